The predicted molar refractivity (Wildman–Crippen MR) is 84.9 cm³/mol. The molecule has 1 rings (SSSR count). The van der Waals surface area contributed by atoms with Crippen LogP contribution >= 0.6 is 11.6 Å². The van der Waals surface area contributed by atoms with Crippen molar-refractivity contribution < 1.29 is 9.47 Å². The van der Waals surface area contributed by atoms with Gasteiger partial charge in [0, 0.05) is 35.2 Å². The number of halogens is 1. The second kappa shape index (κ2) is 8.11. The molecule has 0 aliphatic heterocycles. The number of ether oxygens (including phenoxy) is 2. The molecule has 0 fully saturated rings. The lowest BCUT2D eigenvalue weighted by Crippen LogP contribution is -2.35. The summed E-state index contributed by atoms with van der Waals surface area (Å²) in [6.45, 7) is 7.41. The van der Waals surface area contributed by atoms with Crippen molar-refractivity contribution in [1.29, 1.82) is 5.26 Å². The third-order valence-electron chi connectivity index (χ3n) is 2.80. The molecule has 0 saturated carbocycles. The van der Waals surface area contributed by atoms with Gasteiger partial charge in [0.2, 0.25) is 0 Å². The third kappa shape index (κ3) is 6.24. The van der Waals surface area contributed by atoms with Crippen molar-refractivity contribution in [3.8, 4) is 17.6 Å². The lowest BCUT2D eigenvalue weighted by molar-refractivity contribution is 0.285. The number of methoxy groups -OCH3 is 1. The fourth-order valence-corrected chi connectivity index (χ4v) is 1.99. The Morgan fingerprint density at radius 3 is 2.62 bits per heavy atom. The molecule has 0 bridgehead atoms. The van der Waals surface area contributed by atoms with Gasteiger partial charge in [-0.2, -0.15) is 5.26 Å². The van der Waals surface area contributed by atoms with Crippen LogP contribution in [0.15, 0.2) is 12.1 Å². The van der Waals surface area contributed by atoms with E-state index >= 15 is 0 Å². The maximum Gasteiger partial charge on any atom is 0.165 e. The molecule has 0 aliphatic carbocycles. The maximum atomic E-state index is 8.57. The Morgan fingerprint density at radius 2 is 2.05 bits per heavy atom. The average Bonchev–Trinajstić information content (AvgIpc) is 2.41. The van der Waals surface area contributed by atoms with Crippen molar-refractivity contribution in [2.24, 2.45) is 0 Å². The zero-order chi connectivity index (χ0) is 15.9. The molecule has 0 unspecified atom stereocenters. The fraction of sp³-hybridized carbons (Fsp3) is 0.562. The first kappa shape index (κ1) is 17.6. The second-order valence-electron chi connectivity index (χ2n) is 5.81. The molecule has 0 heterocycles. The molecule has 21 heavy (non-hydrogen) atoms. The van der Waals surface area contributed by atoms with Crippen molar-refractivity contribution in [3.05, 3.63) is 22.7 Å². The van der Waals surface area contributed by atoms with Crippen molar-refractivity contribution in [2.75, 3.05) is 13.7 Å². The highest BCUT2D eigenvalue weighted by Crippen LogP contribution is 2.35. The lowest BCUT2D eigenvalue weighted by Gasteiger charge is -2.22. The summed E-state index contributed by atoms with van der Waals surface area (Å²) in [6, 6.07) is 5.72. The summed E-state index contributed by atoms with van der Waals surface area (Å²) in [6.07, 6.45) is 1.17. The van der Waals surface area contributed by atoms with Gasteiger partial charge in [0.1, 0.15) is 0 Å². The van der Waals surface area contributed by atoms with Crippen molar-refractivity contribution in [3.63, 3.8) is 0 Å². The van der Waals surface area contributed by atoms with Crippen molar-refractivity contribution in [1.82, 2.24) is 5.32 Å². The topological polar surface area (TPSA) is 54.3 Å². The SMILES string of the molecule is COc1cc(Cl)cc(CNC(C)(C)C)c1OCCCC#N. The highest BCUT2D eigenvalue weighted by molar-refractivity contribution is 6.30. The van der Waals surface area contributed by atoms with Crippen LogP contribution in [0.2, 0.25) is 5.02 Å². The summed E-state index contributed by atoms with van der Waals surface area (Å²) < 4.78 is 11.2. The van der Waals surface area contributed by atoms with Gasteiger partial charge < -0.3 is 14.8 Å². The molecular formula is C16H23ClN2O2. The molecule has 1 aromatic rings. The van der Waals surface area contributed by atoms with E-state index in [9.17, 15) is 0 Å². The minimum Gasteiger partial charge on any atom is -0.493 e. The number of nitrogens with one attached hydrogen (secondary N) is 1. The van der Waals surface area contributed by atoms with E-state index < -0.39 is 0 Å². The van der Waals surface area contributed by atoms with Crippen LogP contribution in [0.1, 0.15) is 39.2 Å². The molecule has 0 saturated heterocycles. The Morgan fingerprint density at radius 1 is 1.33 bits per heavy atom. The molecule has 0 aliphatic rings. The summed E-state index contributed by atoms with van der Waals surface area (Å²) in [5.41, 5.74) is 0.944. The molecule has 4 nitrogen and oxygen atoms in total. The number of hydrogen-bond acceptors (Lipinski definition) is 4. The van der Waals surface area contributed by atoms with E-state index in [0.29, 0.717) is 42.5 Å². The minimum absolute atomic E-state index is 0.00632. The van der Waals surface area contributed by atoms with Gasteiger partial charge in [-0.05, 0) is 33.3 Å². The normalized spacial score (nSPS) is 11.0. The average molecular weight is 311 g/mol. The Hall–Kier alpha value is -1.44. The van der Waals surface area contributed by atoms with Crippen LogP contribution in [0.5, 0.6) is 11.5 Å². The molecule has 0 aromatic heterocycles. The summed E-state index contributed by atoms with van der Waals surface area (Å²) in [5, 5.41) is 12.6. The van der Waals surface area contributed by atoms with E-state index in [1.54, 1.807) is 13.2 Å². The van der Waals surface area contributed by atoms with Crippen LogP contribution in [-0.2, 0) is 6.54 Å². The van der Waals surface area contributed by atoms with Gasteiger partial charge in [-0.1, -0.05) is 11.6 Å². The highest BCUT2D eigenvalue weighted by Gasteiger charge is 2.15. The standard InChI is InChI=1S/C16H23ClN2O2/c1-16(2,3)19-11-12-9-13(17)10-14(20-4)15(12)21-8-6-5-7-18/h9-10,19H,5-6,8,11H2,1-4H3. The van der Waals surface area contributed by atoms with Crippen molar-refractivity contribution >= 4 is 11.6 Å². The van der Waals surface area contributed by atoms with Crippen LogP contribution in [0, 0.1) is 11.3 Å². The summed E-state index contributed by atoms with van der Waals surface area (Å²) in [4.78, 5) is 0. The van der Waals surface area contributed by atoms with E-state index in [1.807, 2.05) is 6.07 Å². The van der Waals surface area contributed by atoms with Crippen LogP contribution in [-0.4, -0.2) is 19.3 Å². The first-order valence-electron chi connectivity index (χ1n) is 6.98. The van der Waals surface area contributed by atoms with E-state index in [0.717, 1.165) is 5.56 Å². The molecule has 0 spiro atoms. The van der Waals surface area contributed by atoms with Gasteiger partial charge in [-0.15, -0.1) is 0 Å². The van der Waals surface area contributed by atoms with Crippen molar-refractivity contribution in [2.45, 2.75) is 45.7 Å². The number of hydrogen-bond donors (Lipinski definition) is 1. The fourth-order valence-electron chi connectivity index (χ4n) is 1.76. The predicted octanol–water partition coefficient (Wildman–Crippen LogP) is 3.92. The molecular weight excluding hydrogens is 288 g/mol. The smallest absolute Gasteiger partial charge is 0.165 e. The van der Waals surface area contributed by atoms with Gasteiger partial charge in [0.05, 0.1) is 19.8 Å². The molecule has 5 heteroatoms. The number of rotatable bonds is 7. The zero-order valence-electron chi connectivity index (χ0n) is 13.1. The number of nitrogens with zero attached hydrogens (tertiary/aromatic N) is 1. The minimum atomic E-state index is -0.00632. The quantitative estimate of drug-likeness (QED) is 0.776. The lowest BCUT2D eigenvalue weighted by atomic mass is 10.1. The highest BCUT2D eigenvalue weighted by atomic mass is 35.5. The summed E-state index contributed by atoms with van der Waals surface area (Å²) >= 11 is 6.13. The Bertz CT molecular complexity index is 504. The first-order chi connectivity index (χ1) is 9.87. The van der Waals surface area contributed by atoms with E-state index in [1.165, 1.54) is 0 Å². The van der Waals surface area contributed by atoms with Crippen LogP contribution < -0.4 is 14.8 Å². The molecule has 0 amide bonds. The van der Waals surface area contributed by atoms with E-state index in [4.69, 9.17) is 26.3 Å². The number of unbranched alkanes of at least 4 members (excludes halogenated alkanes) is 1. The third-order valence-corrected chi connectivity index (χ3v) is 3.02. The number of benzene rings is 1. The largest absolute Gasteiger partial charge is 0.493 e. The molecule has 1 aromatic carbocycles. The number of nitriles is 1. The van der Waals surface area contributed by atoms with E-state index in [2.05, 4.69) is 32.2 Å². The van der Waals surface area contributed by atoms with Crippen LogP contribution in [0.4, 0.5) is 0 Å². The van der Waals surface area contributed by atoms with Crippen LogP contribution in [0.25, 0.3) is 0 Å². The summed E-state index contributed by atoms with van der Waals surface area (Å²) in [5.74, 6) is 1.31. The Kier molecular flexibility index (Phi) is 6.80. The maximum absolute atomic E-state index is 8.57. The van der Waals surface area contributed by atoms with Gasteiger partial charge in [-0.25, -0.2) is 0 Å². The van der Waals surface area contributed by atoms with Gasteiger partial charge in [-0.3, -0.25) is 0 Å². The second-order valence-corrected chi connectivity index (χ2v) is 6.25. The molecule has 116 valence electrons. The van der Waals surface area contributed by atoms with Crippen LogP contribution in [0.3, 0.4) is 0 Å². The Labute approximate surface area is 132 Å². The molecule has 0 radical (unpaired) electrons. The van der Waals surface area contributed by atoms with Gasteiger partial charge >= 0.3 is 0 Å². The van der Waals surface area contributed by atoms with E-state index in [-0.39, 0.29) is 5.54 Å². The summed E-state index contributed by atoms with van der Waals surface area (Å²) in [7, 11) is 1.59. The Balaban J connectivity index is 2.92. The molecule has 0 atom stereocenters. The monoisotopic (exact) mass is 310 g/mol. The molecule has 1 N–H and O–H groups in total. The first-order valence-corrected chi connectivity index (χ1v) is 7.36. The van der Waals surface area contributed by atoms with Gasteiger partial charge in [0.15, 0.2) is 11.5 Å². The van der Waals surface area contributed by atoms with Gasteiger partial charge in [0.25, 0.3) is 0 Å². The zero-order valence-corrected chi connectivity index (χ0v) is 13.9.